The first-order valence-corrected chi connectivity index (χ1v) is 10.6. The molecular weight excluding hydrogens is 360 g/mol. The number of anilines is 2. The fourth-order valence-corrected chi connectivity index (χ4v) is 4.79. The Hall–Kier alpha value is -2.73. The van der Waals surface area contributed by atoms with Crippen LogP contribution in [0.2, 0.25) is 0 Å². The van der Waals surface area contributed by atoms with E-state index in [0.717, 1.165) is 36.4 Å². The van der Waals surface area contributed by atoms with Crippen molar-refractivity contribution in [1.82, 2.24) is 20.3 Å². The summed E-state index contributed by atoms with van der Waals surface area (Å²) in [6, 6.07) is 8.40. The van der Waals surface area contributed by atoms with Crippen LogP contribution in [0.1, 0.15) is 31.2 Å². The molecule has 3 aromatic rings. The third-order valence-electron chi connectivity index (χ3n) is 6.64. The number of hydrogen-bond acceptors (Lipinski definition) is 6. The molecule has 29 heavy (non-hydrogen) atoms. The van der Waals surface area contributed by atoms with E-state index in [1.165, 1.54) is 50.0 Å². The zero-order chi connectivity index (χ0) is 19.5. The van der Waals surface area contributed by atoms with E-state index in [2.05, 4.69) is 48.7 Å². The summed E-state index contributed by atoms with van der Waals surface area (Å²) in [6.45, 7) is 5.36. The molecule has 0 aliphatic carbocycles. The predicted octanol–water partition coefficient (Wildman–Crippen LogP) is 3.61. The smallest absolute Gasteiger partial charge is 0.0890 e. The molecule has 2 fully saturated rings. The second kappa shape index (κ2) is 7.95. The summed E-state index contributed by atoms with van der Waals surface area (Å²) in [5.41, 5.74) is 5.99. The number of aromatic nitrogens is 3. The molecule has 6 nitrogen and oxygen atoms in total. The molecule has 2 aliphatic rings. The highest BCUT2D eigenvalue weighted by molar-refractivity contribution is 5.75. The van der Waals surface area contributed by atoms with E-state index in [1.807, 2.05) is 18.5 Å². The lowest BCUT2D eigenvalue weighted by Crippen LogP contribution is -2.45. The van der Waals surface area contributed by atoms with Crippen LogP contribution in [0.5, 0.6) is 0 Å². The first-order valence-electron chi connectivity index (χ1n) is 10.6. The average Bonchev–Trinajstić information content (AvgIpc) is 2.79. The molecule has 2 saturated heterocycles. The Kier molecular flexibility index (Phi) is 5.02. The van der Waals surface area contributed by atoms with Crippen LogP contribution in [0.3, 0.4) is 0 Å². The Morgan fingerprint density at radius 2 is 1.72 bits per heavy atom. The predicted molar refractivity (Wildman–Crippen MR) is 117 cm³/mol. The summed E-state index contributed by atoms with van der Waals surface area (Å²) >= 11 is 0. The number of nitrogens with one attached hydrogen (secondary N) is 2. The molecule has 0 amide bonds. The molecule has 5 rings (SSSR count). The molecule has 0 unspecified atom stereocenters. The van der Waals surface area contributed by atoms with E-state index in [9.17, 15) is 0 Å². The molecule has 1 aromatic carbocycles. The molecule has 2 aliphatic heterocycles. The second-order valence-electron chi connectivity index (χ2n) is 8.36. The second-order valence-corrected chi connectivity index (χ2v) is 8.36. The van der Waals surface area contributed by atoms with Crippen LogP contribution in [-0.4, -0.2) is 41.1 Å². The SMILES string of the molecule is c1cc(N2CCC3(CCNCC3)CC2)c(NCc2ccc3nccnc3c2)cn1. The maximum absolute atomic E-state index is 4.41. The molecule has 1 spiro atoms. The third kappa shape index (κ3) is 3.90. The van der Waals surface area contributed by atoms with E-state index in [4.69, 9.17) is 0 Å². The van der Waals surface area contributed by atoms with Crippen molar-refractivity contribution in [2.75, 3.05) is 36.4 Å². The normalized spacial score (nSPS) is 18.8. The summed E-state index contributed by atoms with van der Waals surface area (Å²) in [5.74, 6) is 0. The highest BCUT2D eigenvalue weighted by atomic mass is 15.2. The lowest BCUT2D eigenvalue weighted by molar-refractivity contribution is 0.155. The van der Waals surface area contributed by atoms with Crippen molar-refractivity contribution in [3.05, 3.63) is 54.6 Å². The van der Waals surface area contributed by atoms with Crippen molar-refractivity contribution < 1.29 is 0 Å². The molecule has 150 valence electrons. The van der Waals surface area contributed by atoms with E-state index < -0.39 is 0 Å². The van der Waals surface area contributed by atoms with Gasteiger partial charge >= 0.3 is 0 Å². The number of fused-ring (bicyclic) bond motifs is 1. The van der Waals surface area contributed by atoms with Crippen LogP contribution < -0.4 is 15.5 Å². The summed E-state index contributed by atoms with van der Waals surface area (Å²) in [7, 11) is 0. The molecule has 0 bridgehead atoms. The minimum atomic E-state index is 0.564. The fraction of sp³-hybridized carbons (Fsp3) is 0.435. The Morgan fingerprint density at radius 1 is 0.931 bits per heavy atom. The van der Waals surface area contributed by atoms with E-state index in [0.29, 0.717) is 5.41 Å². The van der Waals surface area contributed by atoms with Gasteiger partial charge in [-0.25, -0.2) is 0 Å². The largest absolute Gasteiger partial charge is 0.378 e. The van der Waals surface area contributed by atoms with Crippen molar-refractivity contribution in [2.45, 2.75) is 32.2 Å². The van der Waals surface area contributed by atoms with E-state index in [1.54, 1.807) is 12.4 Å². The van der Waals surface area contributed by atoms with Crippen molar-refractivity contribution in [3.8, 4) is 0 Å². The van der Waals surface area contributed by atoms with Crippen molar-refractivity contribution in [2.24, 2.45) is 5.41 Å². The lowest BCUT2D eigenvalue weighted by atomic mass is 9.71. The maximum atomic E-state index is 4.41. The zero-order valence-electron chi connectivity index (χ0n) is 16.8. The van der Waals surface area contributed by atoms with Crippen molar-refractivity contribution >= 4 is 22.4 Å². The Bertz CT molecular complexity index is 972. The first kappa shape index (κ1) is 18.3. The lowest BCUT2D eigenvalue weighted by Gasteiger charge is -2.45. The van der Waals surface area contributed by atoms with Crippen LogP contribution in [0, 0.1) is 5.41 Å². The van der Waals surface area contributed by atoms with Crippen LogP contribution in [0.25, 0.3) is 11.0 Å². The molecule has 6 heteroatoms. The van der Waals surface area contributed by atoms with Gasteiger partial charge in [-0.3, -0.25) is 15.0 Å². The van der Waals surface area contributed by atoms with E-state index >= 15 is 0 Å². The molecule has 4 heterocycles. The Balaban J connectivity index is 1.28. The highest BCUT2D eigenvalue weighted by Crippen LogP contribution is 2.41. The first-order chi connectivity index (χ1) is 14.3. The maximum Gasteiger partial charge on any atom is 0.0890 e. The standard InChI is InChI=1S/C23H28N6/c1-2-19-20(27-12-11-26-19)15-18(1)16-28-21-17-25-8-3-22(21)29-13-6-23(7-14-29)4-9-24-10-5-23/h1-3,8,11-12,15,17,24,28H,4-7,9-10,13-14,16H2. The molecular formula is C23H28N6. The molecule has 0 saturated carbocycles. The number of benzene rings is 1. The van der Waals surface area contributed by atoms with Crippen molar-refractivity contribution in [1.29, 1.82) is 0 Å². The molecule has 0 radical (unpaired) electrons. The minimum Gasteiger partial charge on any atom is -0.378 e. The Labute approximate surface area is 171 Å². The zero-order valence-corrected chi connectivity index (χ0v) is 16.8. The topological polar surface area (TPSA) is 66.0 Å². The van der Waals surface area contributed by atoms with Gasteiger partial charge in [-0.1, -0.05) is 6.07 Å². The van der Waals surface area contributed by atoms with Crippen LogP contribution in [-0.2, 0) is 6.54 Å². The number of hydrogen-bond donors (Lipinski definition) is 2. The number of pyridine rings is 1. The summed E-state index contributed by atoms with van der Waals surface area (Å²) < 4.78 is 0. The third-order valence-corrected chi connectivity index (χ3v) is 6.64. The van der Waals surface area contributed by atoms with Crippen LogP contribution in [0.4, 0.5) is 11.4 Å². The van der Waals surface area contributed by atoms with Crippen LogP contribution in [0.15, 0.2) is 49.1 Å². The van der Waals surface area contributed by atoms with Crippen molar-refractivity contribution in [3.63, 3.8) is 0 Å². The van der Waals surface area contributed by atoms with Gasteiger partial charge in [0, 0.05) is 38.2 Å². The summed E-state index contributed by atoms with van der Waals surface area (Å²) in [5, 5.41) is 7.11. The van der Waals surface area contributed by atoms with Gasteiger partial charge < -0.3 is 15.5 Å². The Morgan fingerprint density at radius 3 is 2.55 bits per heavy atom. The molecule has 2 aromatic heterocycles. The van der Waals surface area contributed by atoms with Gasteiger partial charge in [-0.15, -0.1) is 0 Å². The molecule has 0 atom stereocenters. The number of piperidine rings is 2. The summed E-state index contributed by atoms with van der Waals surface area (Å²) in [6.07, 6.45) is 12.6. The minimum absolute atomic E-state index is 0.564. The van der Waals surface area contributed by atoms with Gasteiger partial charge in [0.2, 0.25) is 0 Å². The van der Waals surface area contributed by atoms with Gasteiger partial charge in [0.25, 0.3) is 0 Å². The monoisotopic (exact) mass is 388 g/mol. The number of rotatable bonds is 4. The quantitative estimate of drug-likeness (QED) is 0.712. The number of nitrogens with zero attached hydrogens (tertiary/aromatic N) is 4. The summed E-state index contributed by atoms with van der Waals surface area (Å²) in [4.78, 5) is 15.7. The van der Waals surface area contributed by atoms with Crippen LogP contribution >= 0.6 is 0 Å². The van der Waals surface area contributed by atoms with Gasteiger partial charge in [-0.2, -0.15) is 0 Å². The fourth-order valence-electron chi connectivity index (χ4n) is 4.79. The van der Waals surface area contributed by atoms with Gasteiger partial charge in [0.15, 0.2) is 0 Å². The van der Waals surface area contributed by atoms with Gasteiger partial charge in [-0.05, 0) is 68.0 Å². The highest BCUT2D eigenvalue weighted by Gasteiger charge is 2.35. The van der Waals surface area contributed by atoms with Gasteiger partial charge in [0.05, 0.1) is 28.6 Å². The van der Waals surface area contributed by atoms with E-state index in [-0.39, 0.29) is 0 Å². The molecule has 2 N–H and O–H groups in total. The average molecular weight is 389 g/mol. The van der Waals surface area contributed by atoms with Gasteiger partial charge in [0.1, 0.15) is 0 Å².